The zero-order valence-corrected chi connectivity index (χ0v) is 11.4. The van der Waals surface area contributed by atoms with Crippen molar-refractivity contribution in [2.24, 2.45) is 5.92 Å². The van der Waals surface area contributed by atoms with E-state index in [0.717, 1.165) is 25.3 Å². The molecule has 4 nitrogen and oxygen atoms in total. The van der Waals surface area contributed by atoms with Crippen LogP contribution in [0, 0.1) is 5.92 Å². The van der Waals surface area contributed by atoms with E-state index in [2.05, 4.69) is 5.32 Å². The topological polar surface area (TPSA) is 47.6 Å². The van der Waals surface area contributed by atoms with Crippen molar-refractivity contribution in [3.63, 3.8) is 0 Å². The lowest BCUT2D eigenvalue weighted by Gasteiger charge is -2.22. The number of rotatable bonds is 5. The van der Waals surface area contributed by atoms with E-state index in [-0.39, 0.29) is 5.97 Å². The molecule has 0 radical (unpaired) electrons. The monoisotopic (exact) mass is 263 g/mol. The van der Waals surface area contributed by atoms with Crippen LogP contribution in [0.4, 0.5) is 0 Å². The fourth-order valence-electron chi connectivity index (χ4n) is 2.30. The summed E-state index contributed by atoms with van der Waals surface area (Å²) in [4.78, 5) is 11.8. The standard InChI is InChI=1S/C15H21NO3/c1-18-14-6-4-13(5-7-14)15(17)19-10-8-12-3-2-9-16-11-12/h4-7,12,16H,2-3,8-11H2,1H3. The maximum absolute atomic E-state index is 11.8. The predicted octanol–water partition coefficient (Wildman–Crippen LogP) is 2.24. The fourth-order valence-corrected chi connectivity index (χ4v) is 2.30. The summed E-state index contributed by atoms with van der Waals surface area (Å²) in [6.07, 6.45) is 3.39. The van der Waals surface area contributed by atoms with Gasteiger partial charge in [-0.1, -0.05) is 0 Å². The second kappa shape index (κ2) is 7.14. The molecule has 1 aliphatic rings. The Morgan fingerprint density at radius 3 is 2.79 bits per heavy atom. The minimum absolute atomic E-state index is 0.258. The minimum Gasteiger partial charge on any atom is -0.497 e. The number of carbonyl (C=O) groups is 1. The molecule has 0 aliphatic carbocycles. The number of carbonyl (C=O) groups excluding carboxylic acids is 1. The van der Waals surface area contributed by atoms with Gasteiger partial charge in [0.1, 0.15) is 5.75 Å². The summed E-state index contributed by atoms with van der Waals surface area (Å²) in [5.41, 5.74) is 0.572. The van der Waals surface area contributed by atoms with Crippen molar-refractivity contribution in [1.29, 1.82) is 0 Å². The second-order valence-electron chi connectivity index (χ2n) is 4.87. The van der Waals surface area contributed by atoms with E-state index in [0.29, 0.717) is 18.1 Å². The highest BCUT2D eigenvalue weighted by molar-refractivity contribution is 5.89. The quantitative estimate of drug-likeness (QED) is 0.828. The van der Waals surface area contributed by atoms with Gasteiger partial charge in [-0.25, -0.2) is 4.79 Å². The molecule has 104 valence electrons. The first-order valence-corrected chi connectivity index (χ1v) is 6.81. The van der Waals surface area contributed by atoms with Crippen LogP contribution in [0.5, 0.6) is 5.75 Å². The molecule has 0 spiro atoms. The lowest BCUT2D eigenvalue weighted by atomic mass is 9.97. The molecule has 1 fully saturated rings. The summed E-state index contributed by atoms with van der Waals surface area (Å²) in [7, 11) is 1.60. The van der Waals surface area contributed by atoms with Gasteiger partial charge in [0.05, 0.1) is 19.3 Å². The van der Waals surface area contributed by atoms with E-state index < -0.39 is 0 Å². The Morgan fingerprint density at radius 2 is 2.16 bits per heavy atom. The predicted molar refractivity (Wildman–Crippen MR) is 73.5 cm³/mol. The molecule has 2 rings (SSSR count). The van der Waals surface area contributed by atoms with Crippen molar-refractivity contribution >= 4 is 5.97 Å². The van der Waals surface area contributed by atoms with Gasteiger partial charge in [-0.3, -0.25) is 0 Å². The zero-order chi connectivity index (χ0) is 13.5. The minimum atomic E-state index is -0.258. The van der Waals surface area contributed by atoms with Gasteiger partial charge in [0.15, 0.2) is 0 Å². The Labute approximate surface area is 114 Å². The normalized spacial score (nSPS) is 18.9. The number of benzene rings is 1. The van der Waals surface area contributed by atoms with Gasteiger partial charge in [0.25, 0.3) is 0 Å². The first kappa shape index (κ1) is 13.9. The first-order valence-electron chi connectivity index (χ1n) is 6.81. The number of hydrogen-bond donors (Lipinski definition) is 1. The Balaban J connectivity index is 1.73. The van der Waals surface area contributed by atoms with E-state index in [4.69, 9.17) is 9.47 Å². The van der Waals surface area contributed by atoms with Gasteiger partial charge >= 0.3 is 5.97 Å². The van der Waals surface area contributed by atoms with Crippen molar-refractivity contribution in [2.75, 3.05) is 26.8 Å². The number of methoxy groups -OCH3 is 1. The van der Waals surface area contributed by atoms with Gasteiger partial charge in [-0.2, -0.15) is 0 Å². The van der Waals surface area contributed by atoms with E-state index >= 15 is 0 Å². The van der Waals surface area contributed by atoms with Gasteiger partial charge in [0, 0.05) is 0 Å². The van der Waals surface area contributed by atoms with E-state index in [1.165, 1.54) is 12.8 Å². The van der Waals surface area contributed by atoms with Gasteiger partial charge in [-0.15, -0.1) is 0 Å². The third-order valence-electron chi connectivity index (χ3n) is 3.48. The summed E-state index contributed by atoms with van der Waals surface area (Å²) in [6.45, 7) is 2.65. The van der Waals surface area contributed by atoms with E-state index in [9.17, 15) is 4.79 Å². The summed E-state index contributed by atoms with van der Waals surface area (Å²) < 4.78 is 10.3. The maximum Gasteiger partial charge on any atom is 0.338 e. The highest BCUT2D eigenvalue weighted by atomic mass is 16.5. The van der Waals surface area contributed by atoms with Gasteiger partial charge < -0.3 is 14.8 Å². The van der Waals surface area contributed by atoms with Crippen LogP contribution in [0.2, 0.25) is 0 Å². The highest BCUT2D eigenvalue weighted by Gasteiger charge is 2.14. The molecule has 1 unspecified atom stereocenters. The fraction of sp³-hybridized carbons (Fsp3) is 0.533. The number of ether oxygens (including phenoxy) is 2. The van der Waals surface area contributed by atoms with Crippen LogP contribution < -0.4 is 10.1 Å². The van der Waals surface area contributed by atoms with Crippen molar-refractivity contribution in [3.8, 4) is 5.75 Å². The molecule has 1 saturated heterocycles. The molecule has 0 saturated carbocycles. The molecular formula is C15H21NO3. The Kier molecular flexibility index (Phi) is 5.21. The highest BCUT2D eigenvalue weighted by Crippen LogP contribution is 2.15. The smallest absolute Gasteiger partial charge is 0.338 e. The number of esters is 1. The summed E-state index contributed by atoms with van der Waals surface area (Å²) in [5.74, 6) is 1.12. The molecule has 0 aromatic heterocycles. The molecule has 1 atom stereocenters. The molecule has 0 amide bonds. The number of nitrogens with one attached hydrogen (secondary N) is 1. The molecule has 1 aliphatic heterocycles. The SMILES string of the molecule is COc1ccc(C(=O)OCCC2CCCNC2)cc1. The van der Waals surface area contributed by atoms with Crippen LogP contribution in [0.1, 0.15) is 29.6 Å². The lowest BCUT2D eigenvalue weighted by Crippen LogP contribution is -2.30. The van der Waals surface area contributed by atoms with Crippen molar-refractivity contribution in [2.45, 2.75) is 19.3 Å². The zero-order valence-electron chi connectivity index (χ0n) is 11.4. The van der Waals surface area contributed by atoms with Crippen LogP contribution in [0.25, 0.3) is 0 Å². The van der Waals surface area contributed by atoms with Crippen molar-refractivity contribution in [3.05, 3.63) is 29.8 Å². The number of hydrogen-bond acceptors (Lipinski definition) is 4. The Bertz CT molecular complexity index is 396. The molecule has 1 aromatic carbocycles. The van der Waals surface area contributed by atoms with Crippen molar-refractivity contribution < 1.29 is 14.3 Å². The average molecular weight is 263 g/mol. The van der Waals surface area contributed by atoms with Gasteiger partial charge in [-0.05, 0) is 62.5 Å². The van der Waals surface area contributed by atoms with E-state index in [1.807, 2.05) is 0 Å². The Morgan fingerprint density at radius 1 is 1.37 bits per heavy atom. The molecule has 1 aromatic rings. The number of piperidine rings is 1. The van der Waals surface area contributed by atoms with E-state index in [1.54, 1.807) is 31.4 Å². The maximum atomic E-state index is 11.8. The van der Waals surface area contributed by atoms with Crippen LogP contribution in [-0.2, 0) is 4.74 Å². The third kappa shape index (κ3) is 4.24. The summed E-state index contributed by atoms with van der Waals surface area (Å²) >= 11 is 0. The van der Waals surface area contributed by atoms with Crippen LogP contribution in [0.15, 0.2) is 24.3 Å². The van der Waals surface area contributed by atoms with Crippen LogP contribution >= 0.6 is 0 Å². The largest absolute Gasteiger partial charge is 0.497 e. The van der Waals surface area contributed by atoms with Crippen LogP contribution in [0.3, 0.4) is 0 Å². The molecule has 1 N–H and O–H groups in total. The average Bonchev–Trinajstić information content (AvgIpc) is 2.48. The summed E-state index contributed by atoms with van der Waals surface area (Å²) in [6, 6.07) is 6.98. The summed E-state index contributed by atoms with van der Waals surface area (Å²) in [5, 5.41) is 3.36. The van der Waals surface area contributed by atoms with Crippen molar-refractivity contribution in [1.82, 2.24) is 5.32 Å². The second-order valence-corrected chi connectivity index (χ2v) is 4.87. The lowest BCUT2D eigenvalue weighted by molar-refractivity contribution is 0.0477. The molecule has 19 heavy (non-hydrogen) atoms. The van der Waals surface area contributed by atoms with Crippen LogP contribution in [-0.4, -0.2) is 32.8 Å². The Hall–Kier alpha value is -1.55. The first-order chi connectivity index (χ1) is 9.29. The van der Waals surface area contributed by atoms with Gasteiger partial charge in [0.2, 0.25) is 0 Å². The third-order valence-corrected chi connectivity index (χ3v) is 3.48. The molecule has 0 bridgehead atoms. The molecule has 4 heteroatoms. The molecule has 1 heterocycles. The molecular weight excluding hydrogens is 242 g/mol.